The second-order valence-corrected chi connectivity index (χ2v) is 9.94. The van der Waals surface area contributed by atoms with Crippen molar-refractivity contribution in [2.75, 3.05) is 0 Å². The van der Waals surface area contributed by atoms with Crippen LogP contribution in [0.2, 0.25) is 0 Å². The van der Waals surface area contributed by atoms with Crippen LogP contribution in [0.1, 0.15) is 132 Å². The normalized spacial score (nSPS) is 13.5. The van der Waals surface area contributed by atoms with Gasteiger partial charge in [-0.15, -0.1) is 0 Å². The average Bonchev–Trinajstić information content (AvgIpc) is 2.44. The van der Waals surface area contributed by atoms with Crippen LogP contribution in [0, 0.1) is 10.8 Å². The van der Waals surface area contributed by atoms with Gasteiger partial charge in [0.2, 0.25) is 0 Å². The summed E-state index contributed by atoms with van der Waals surface area (Å²) in [7, 11) is 0. The molecule has 0 fully saturated rings. The van der Waals surface area contributed by atoms with E-state index in [1.165, 1.54) is 77.0 Å². The van der Waals surface area contributed by atoms with Crippen molar-refractivity contribution in [1.29, 1.82) is 0 Å². The van der Waals surface area contributed by atoms with Gasteiger partial charge in [0.15, 0.2) is 0 Å². The molecule has 0 aromatic rings. The van der Waals surface area contributed by atoms with Gasteiger partial charge in [-0.2, -0.15) is 0 Å². The molecule has 0 radical (unpaired) electrons. The predicted molar refractivity (Wildman–Crippen MR) is 112 cm³/mol. The highest BCUT2D eigenvalue weighted by Crippen LogP contribution is 2.50. The highest BCUT2D eigenvalue weighted by molar-refractivity contribution is 4.94. The number of nitrogens with two attached hydrogens (primary N) is 1. The molecule has 0 saturated carbocycles. The molecule has 0 atom stereocenters. The largest absolute Gasteiger partial charge is 0.326 e. The zero-order valence-electron chi connectivity index (χ0n) is 18.3. The third kappa shape index (κ3) is 10.1. The fourth-order valence-electron chi connectivity index (χ4n) is 4.39. The van der Waals surface area contributed by atoms with Crippen molar-refractivity contribution in [3.63, 3.8) is 0 Å². The van der Waals surface area contributed by atoms with Crippen LogP contribution in [0.5, 0.6) is 0 Å². The van der Waals surface area contributed by atoms with E-state index >= 15 is 0 Å². The summed E-state index contributed by atoms with van der Waals surface area (Å²) in [4.78, 5) is 0. The maximum absolute atomic E-state index is 6.41. The van der Waals surface area contributed by atoms with Gasteiger partial charge in [0.1, 0.15) is 0 Å². The number of unbranched alkanes of at least 4 members (excludes halogenated alkanes) is 8. The maximum Gasteiger partial charge on any atom is 0.0102 e. The summed E-state index contributed by atoms with van der Waals surface area (Å²) in [6.45, 7) is 16.5. The molecule has 0 aromatic carbocycles. The first-order valence-electron chi connectivity index (χ1n) is 10.9. The Kier molecular flexibility index (Phi) is 11.5. The topological polar surface area (TPSA) is 26.0 Å². The summed E-state index contributed by atoms with van der Waals surface area (Å²) in [5.41, 5.74) is 7.06. The van der Waals surface area contributed by atoms with Crippen molar-refractivity contribution in [3.05, 3.63) is 0 Å². The lowest BCUT2D eigenvalue weighted by atomic mass is 9.58. The Balaban J connectivity index is 4.72. The lowest BCUT2D eigenvalue weighted by Gasteiger charge is -2.48. The van der Waals surface area contributed by atoms with E-state index in [0.717, 1.165) is 6.42 Å². The van der Waals surface area contributed by atoms with Crippen LogP contribution >= 0.6 is 0 Å². The second kappa shape index (κ2) is 11.6. The Morgan fingerprint density at radius 2 is 0.958 bits per heavy atom. The first-order chi connectivity index (χ1) is 11.1. The summed E-state index contributed by atoms with van der Waals surface area (Å²) in [5, 5.41) is 0. The van der Waals surface area contributed by atoms with Crippen molar-refractivity contribution in [3.8, 4) is 0 Å². The van der Waals surface area contributed by atoms with Crippen LogP contribution in [0.15, 0.2) is 0 Å². The third-order valence-electron chi connectivity index (χ3n) is 6.20. The van der Waals surface area contributed by atoms with Crippen LogP contribution in [-0.4, -0.2) is 5.54 Å². The molecule has 0 saturated heterocycles. The van der Waals surface area contributed by atoms with Crippen molar-refractivity contribution < 1.29 is 0 Å². The molecule has 0 aromatic heterocycles. The van der Waals surface area contributed by atoms with E-state index in [0.29, 0.717) is 10.8 Å². The molecular formula is C23H49N. The molecule has 0 aliphatic rings. The zero-order valence-corrected chi connectivity index (χ0v) is 18.3. The van der Waals surface area contributed by atoms with E-state index in [9.17, 15) is 0 Å². The van der Waals surface area contributed by atoms with Gasteiger partial charge >= 0.3 is 0 Å². The summed E-state index contributed by atoms with van der Waals surface area (Å²) in [5.74, 6) is 0. The molecule has 0 heterocycles. The van der Waals surface area contributed by atoms with E-state index in [2.05, 4.69) is 48.5 Å². The minimum atomic E-state index is -0.0742. The summed E-state index contributed by atoms with van der Waals surface area (Å²) in [6, 6.07) is 0. The van der Waals surface area contributed by atoms with E-state index < -0.39 is 0 Å². The van der Waals surface area contributed by atoms with Gasteiger partial charge in [-0.25, -0.2) is 0 Å². The van der Waals surface area contributed by atoms with Crippen molar-refractivity contribution >= 4 is 0 Å². The van der Waals surface area contributed by atoms with Crippen LogP contribution in [0.4, 0.5) is 0 Å². The second-order valence-electron chi connectivity index (χ2n) is 9.94. The quantitative estimate of drug-likeness (QED) is 0.302. The fourth-order valence-corrected chi connectivity index (χ4v) is 4.39. The number of hydrogen-bond donors (Lipinski definition) is 1. The smallest absolute Gasteiger partial charge is 0.0102 e. The lowest BCUT2D eigenvalue weighted by Crippen LogP contribution is -2.44. The molecule has 1 nitrogen and oxygen atoms in total. The molecule has 1 heteroatoms. The highest BCUT2D eigenvalue weighted by atomic mass is 14.7. The Morgan fingerprint density at radius 1 is 0.583 bits per heavy atom. The van der Waals surface area contributed by atoms with Gasteiger partial charge < -0.3 is 5.73 Å². The molecule has 0 bridgehead atoms. The molecule has 0 rings (SSSR count). The van der Waals surface area contributed by atoms with Gasteiger partial charge in [0.05, 0.1) is 0 Å². The van der Waals surface area contributed by atoms with E-state index in [-0.39, 0.29) is 5.54 Å². The zero-order chi connectivity index (χ0) is 18.7. The third-order valence-corrected chi connectivity index (χ3v) is 6.20. The van der Waals surface area contributed by atoms with Crippen LogP contribution in [0.3, 0.4) is 0 Å². The first-order valence-corrected chi connectivity index (χ1v) is 10.9. The molecule has 0 amide bonds. The van der Waals surface area contributed by atoms with Gasteiger partial charge in [-0.1, -0.05) is 98.8 Å². The Labute approximate surface area is 154 Å². The van der Waals surface area contributed by atoms with Crippen LogP contribution in [-0.2, 0) is 0 Å². The van der Waals surface area contributed by atoms with Crippen molar-refractivity contribution in [2.24, 2.45) is 16.6 Å². The van der Waals surface area contributed by atoms with Crippen LogP contribution in [0.25, 0.3) is 0 Å². The van der Waals surface area contributed by atoms with Gasteiger partial charge in [-0.3, -0.25) is 0 Å². The predicted octanol–water partition coefficient (Wildman–Crippen LogP) is 7.87. The molecule has 24 heavy (non-hydrogen) atoms. The number of hydrogen-bond acceptors (Lipinski definition) is 1. The van der Waals surface area contributed by atoms with E-state index in [1.54, 1.807) is 0 Å². The minimum Gasteiger partial charge on any atom is -0.326 e. The fraction of sp³-hybridized carbons (Fsp3) is 1.00. The average molecular weight is 340 g/mol. The van der Waals surface area contributed by atoms with Crippen molar-refractivity contribution in [2.45, 2.75) is 137 Å². The van der Waals surface area contributed by atoms with Crippen LogP contribution < -0.4 is 5.73 Å². The molecule has 2 N–H and O–H groups in total. The van der Waals surface area contributed by atoms with Gasteiger partial charge in [0, 0.05) is 5.54 Å². The molecule has 146 valence electrons. The summed E-state index contributed by atoms with van der Waals surface area (Å²) >= 11 is 0. The lowest BCUT2D eigenvalue weighted by molar-refractivity contribution is 0.0347. The number of rotatable bonds is 15. The summed E-state index contributed by atoms with van der Waals surface area (Å²) in [6.07, 6.45) is 17.7. The maximum atomic E-state index is 6.41. The van der Waals surface area contributed by atoms with E-state index in [4.69, 9.17) is 5.73 Å². The van der Waals surface area contributed by atoms with Gasteiger partial charge in [-0.05, 0) is 43.9 Å². The highest BCUT2D eigenvalue weighted by Gasteiger charge is 2.42. The molecule has 0 unspecified atom stereocenters. The van der Waals surface area contributed by atoms with Gasteiger partial charge in [0.25, 0.3) is 0 Å². The standard InChI is InChI=1S/C23H49N/c1-8-10-12-14-16-18-23(7,19-17-15-13-11-9-2)21(3,4)20-22(5,6)24/h8-20,24H2,1-7H3. The minimum absolute atomic E-state index is 0.0742. The Bertz CT molecular complexity index is 284. The molecule has 0 spiro atoms. The Hall–Kier alpha value is -0.0400. The molecule has 0 aliphatic heterocycles. The molecular weight excluding hydrogens is 290 g/mol. The molecule has 0 aliphatic carbocycles. The summed E-state index contributed by atoms with van der Waals surface area (Å²) < 4.78 is 0. The van der Waals surface area contributed by atoms with E-state index in [1.807, 2.05) is 0 Å². The first kappa shape index (κ1) is 24.0. The monoisotopic (exact) mass is 339 g/mol. The van der Waals surface area contributed by atoms with Crippen molar-refractivity contribution in [1.82, 2.24) is 0 Å². The SMILES string of the molecule is CCCCCCCC(C)(CCCCCCC)C(C)(C)CC(C)(C)N. The Morgan fingerprint density at radius 3 is 1.29 bits per heavy atom.